The normalized spacial score (nSPS) is 17.5. The Bertz CT molecular complexity index is 574. The van der Waals surface area contributed by atoms with Crippen LogP contribution in [0, 0.1) is 5.92 Å². The third-order valence-electron chi connectivity index (χ3n) is 4.94. The maximum Gasteiger partial charge on any atom is 0.317 e. The molecular weight excluding hydrogens is 364 g/mol. The lowest BCUT2D eigenvalue weighted by atomic mass is 10.0. The first kappa shape index (κ1) is 21.8. The number of guanidine groups is 1. The number of carboxylic acid groups (broad SMARTS) is 1. The summed E-state index contributed by atoms with van der Waals surface area (Å²) < 4.78 is 0. The largest absolute Gasteiger partial charge is 0.481 e. The zero-order chi connectivity index (χ0) is 20.4. The monoisotopic (exact) mass is 396 g/mol. The molecule has 10 nitrogen and oxygen atoms in total. The molecule has 0 aromatic heterocycles. The van der Waals surface area contributed by atoms with Gasteiger partial charge in [0.15, 0.2) is 5.96 Å². The molecule has 158 valence electrons. The molecule has 2 rings (SSSR count). The summed E-state index contributed by atoms with van der Waals surface area (Å²) in [7, 11) is 0. The van der Waals surface area contributed by atoms with Gasteiger partial charge in [0, 0.05) is 52.2 Å². The van der Waals surface area contributed by atoms with E-state index in [1.165, 1.54) is 0 Å². The van der Waals surface area contributed by atoms with E-state index in [2.05, 4.69) is 20.9 Å². The van der Waals surface area contributed by atoms with Crippen molar-refractivity contribution in [3.8, 4) is 0 Å². The van der Waals surface area contributed by atoms with Gasteiger partial charge in [0.1, 0.15) is 0 Å². The molecule has 2 aliphatic heterocycles. The third-order valence-corrected chi connectivity index (χ3v) is 4.94. The summed E-state index contributed by atoms with van der Waals surface area (Å²) in [6.45, 7) is 6.32. The Morgan fingerprint density at radius 3 is 2.54 bits per heavy atom. The predicted molar refractivity (Wildman–Crippen MR) is 105 cm³/mol. The van der Waals surface area contributed by atoms with Crippen LogP contribution in [0.1, 0.15) is 32.6 Å². The van der Waals surface area contributed by atoms with Crippen molar-refractivity contribution in [3.63, 3.8) is 0 Å². The quantitative estimate of drug-likeness (QED) is 0.395. The van der Waals surface area contributed by atoms with E-state index in [1.54, 1.807) is 9.80 Å². The predicted octanol–water partition coefficient (Wildman–Crippen LogP) is -0.330. The zero-order valence-electron chi connectivity index (χ0n) is 16.6. The van der Waals surface area contributed by atoms with Gasteiger partial charge in [-0.05, 0) is 12.8 Å². The van der Waals surface area contributed by atoms with Crippen molar-refractivity contribution in [1.29, 1.82) is 0 Å². The first-order chi connectivity index (χ1) is 13.5. The van der Waals surface area contributed by atoms with E-state index < -0.39 is 11.9 Å². The number of aliphatic imine (C=N–C) groups is 1. The van der Waals surface area contributed by atoms with Crippen molar-refractivity contribution in [2.24, 2.45) is 10.9 Å². The van der Waals surface area contributed by atoms with Crippen LogP contribution in [0.25, 0.3) is 0 Å². The van der Waals surface area contributed by atoms with Crippen LogP contribution in [0.4, 0.5) is 4.79 Å². The molecule has 2 heterocycles. The molecule has 0 bridgehead atoms. The maximum atomic E-state index is 12.3. The van der Waals surface area contributed by atoms with E-state index in [1.807, 2.05) is 6.92 Å². The fourth-order valence-electron chi connectivity index (χ4n) is 3.26. The minimum Gasteiger partial charge on any atom is -0.481 e. The van der Waals surface area contributed by atoms with Crippen LogP contribution in [0.5, 0.6) is 0 Å². The number of nitrogens with one attached hydrogen (secondary N) is 3. The van der Waals surface area contributed by atoms with Crippen LogP contribution < -0.4 is 16.0 Å². The number of hydrogen-bond donors (Lipinski definition) is 4. The number of nitrogens with zero attached hydrogens (tertiary/aromatic N) is 3. The van der Waals surface area contributed by atoms with Gasteiger partial charge in [-0.1, -0.05) is 13.3 Å². The van der Waals surface area contributed by atoms with Gasteiger partial charge >= 0.3 is 12.0 Å². The minimum absolute atomic E-state index is 0.0945. The SMILES string of the molecule is CCCC(CNC(=O)N1CCN(C(=O)CCCNC2=NCCN2)CC1)C(=O)O. The second-order valence-corrected chi connectivity index (χ2v) is 7.07. The Kier molecular flexibility index (Phi) is 8.83. The molecule has 2 aliphatic rings. The number of amides is 3. The number of hydrogen-bond acceptors (Lipinski definition) is 6. The highest BCUT2D eigenvalue weighted by molar-refractivity contribution is 5.81. The van der Waals surface area contributed by atoms with Crippen LogP contribution in [0.2, 0.25) is 0 Å². The van der Waals surface area contributed by atoms with Crippen LogP contribution in [-0.4, -0.2) is 91.1 Å². The molecule has 4 N–H and O–H groups in total. The van der Waals surface area contributed by atoms with Crippen LogP contribution in [-0.2, 0) is 9.59 Å². The van der Waals surface area contributed by atoms with Gasteiger partial charge in [-0.3, -0.25) is 14.6 Å². The molecule has 0 aromatic carbocycles. The van der Waals surface area contributed by atoms with E-state index >= 15 is 0 Å². The standard InChI is InChI=1S/C18H32N6O4/c1-2-4-14(16(26)27)13-22-18(28)24-11-9-23(10-12-24)15(25)5-3-6-19-17-20-7-8-21-17/h14H,2-13H2,1H3,(H,22,28)(H,26,27)(H2,19,20,21). The number of rotatable bonds is 9. The van der Waals surface area contributed by atoms with Gasteiger partial charge in [-0.25, -0.2) is 4.79 Å². The minimum atomic E-state index is -0.886. The van der Waals surface area contributed by atoms with E-state index in [0.29, 0.717) is 45.6 Å². The molecule has 1 atom stereocenters. The molecule has 0 spiro atoms. The highest BCUT2D eigenvalue weighted by Gasteiger charge is 2.25. The lowest BCUT2D eigenvalue weighted by Crippen LogP contribution is -2.53. The molecule has 3 amide bonds. The second kappa shape index (κ2) is 11.4. The van der Waals surface area contributed by atoms with E-state index in [-0.39, 0.29) is 18.5 Å². The highest BCUT2D eigenvalue weighted by atomic mass is 16.4. The van der Waals surface area contributed by atoms with Crippen LogP contribution in [0.15, 0.2) is 4.99 Å². The number of carboxylic acids is 1. The van der Waals surface area contributed by atoms with Crippen molar-refractivity contribution in [2.75, 3.05) is 52.4 Å². The molecule has 1 unspecified atom stereocenters. The van der Waals surface area contributed by atoms with Gasteiger partial charge < -0.3 is 30.9 Å². The molecule has 10 heteroatoms. The van der Waals surface area contributed by atoms with Gasteiger partial charge in [-0.2, -0.15) is 0 Å². The summed E-state index contributed by atoms with van der Waals surface area (Å²) in [5, 5.41) is 18.1. The zero-order valence-corrected chi connectivity index (χ0v) is 16.6. The Balaban J connectivity index is 1.62. The topological polar surface area (TPSA) is 126 Å². The summed E-state index contributed by atoms with van der Waals surface area (Å²) in [6, 6.07) is -0.261. The lowest BCUT2D eigenvalue weighted by Gasteiger charge is -2.35. The van der Waals surface area contributed by atoms with Crippen LogP contribution in [0.3, 0.4) is 0 Å². The summed E-state index contributed by atoms with van der Waals surface area (Å²) in [4.78, 5) is 43.4. The molecule has 28 heavy (non-hydrogen) atoms. The second-order valence-electron chi connectivity index (χ2n) is 7.07. The van der Waals surface area contributed by atoms with Crippen molar-refractivity contribution >= 4 is 23.9 Å². The van der Waals surface area contributed by atoms with Crippen molar-refractivity contribution in [1.82, 2.24) is 25.8 Å². The first-order valence-electron chi connectivity index (χ1n) is 10.1. The van der Waals surface area contributed by atoms with Crippen LogP contribution >= 0.6 is 0 Å². The first-order valence-corrected chi connectivity index (χ1v) is 10.1. The van der Waals surface area contributed by atoms with Crippen molar-refractivity contribution < 1.29 is 19.5 Å². The Morgan fingerprint density at radius 2 is 1.93 bits per heavy atom. The Morgan fingerprint density at radius 1 is 1.21 bits per heavy atom. The van der Waals surface area contributed by atoms with Crippen molar-refractivity contribution in [3.05, 3.63) is 0 Å². The molecule has 0 aromatic rings. The third kappa shape index (κ3) is 6.90. The van der Waals surface area contributed by atoms with E-state index in [9.17, 15) is 14.4 Å². The number of piperazine rings is 1. The molecule has 1 fully saturated rings. The number of aliphatic carboxylic acids is 1. The Labute approximate surface area is 165 Å². The fourth-order valence-corrected chi connectivity index (χ4v) is 3.26. The number of urea groups is 1. The smallest absolute Gasteiger partial charge is 0.317 e. The lowest BCUT2D eigenvalue weighted by molar-refractivity contribution is -0.141. The Hall–Kier alpha value is -2.52. The van der Waals surface area contributed by atoms with Crippen molar-refractivity contribution in [2.45, 2.75) is 32.6 Å². The van der Waals surface area contributed by atoms with Gasteiger partial charge in [0.2, 0.25) is 5.91 Å². The molecular formula is C18H32N6O4. The summed E-state index contributed by atoms with van der Waals surface area (Å²) in [5.41, 5.74) is 0. The summed E-state index contributed by atoms with van der Waals surface area (Å²) in [6.07, 6.45) is 2.49. The van der Waals surface area contributed by atoms with Gasteiger partial charge in [0.25, 0.3) is 0 Å². The highest BCUT2D eigenvalue weighted by Crippen LogP contribution is 2.08. The van der Waals surface area contributed by atoms with E-state index in [0.717, 1.165) is 31.9 Å². The number of carbonyl (C=O) groups is 3. The summed E-state index contributed by atoms with van der Waals surface area (Å²) >= 11 is 0. The molecule has 0 radical (unpaired) electrons. The van der Waals surface area contributed by atoms with E-state index in [4.69, 9.17) is 5.11 Å². The molecule has 1 saturated heterocycles. The summed E-state index contributed by atoms with van der Waals surface area (Å²) in [5.74, 6) is -0.549. The average Bonchev–Trinajstić information content (AvgIpc) is 3.21. The average molecular weight is 396 g/mol. The number of carbonyl (C=O) groups excluding carboxylic acids is 2. The van der Waals surface area contributed by atoms with Gasteiger partial charge in [0.05, 0.1) is 12.5 Å². The molecule has 0 saturated carbocycles. The molecule has 0 aliphatic carbocycles. The maximum absolute atomic E-state index is 12.3. The van der Waals surface area contributed by atoms with Gasteiger partial charge in [-0.15, -0.1) is 0 Å². The fraction of sp³-hybridized carbons (Fsp3) is 0.778.